The number of fused-ring (bicyclic) bond motifs is 1. The molecule has 1 amide bonds. The van der Waals surface area contributed by atoms with E-state index in [0.717, 1.165) is 5.56 Å². The van der Waals surface area contributed by atoms with Crippen LogP contribution in [0.5, 0.6) is 0 Å². The minimum Gasteiger partial charge on any atom is -0.294 e. The van der Waals surface area contributed by atoms with Crippen LogP contribution in [-0.4, -0.2) is 11.7 Å². The van der Waals surface area contributed by atoms with Gasteiger partial charge in [-0.3, -0.25) is 9.59 Å². The summed E-state index contributed by atoms with van der Waals surface area (Å²) in [6, 6.07) is 4.62. The van der Waals surface area contributed by atoms with Crippen LogP contribution in [0, 0.1) is 4.91 Å². The topological polar surface area (TPSA) is 63.6 Å². The van der Waals surface area contributed by atoms with E-state index in [1.807, 2.05) is 0 Å². The molecule has 0 radical (unpaired) electrons. The molecule has 0 aromatic heterocycles. The van der Waals surface area contributed by atoms with Gasteiger partial charge in [0.25, 0.3) is 0 Å². The van der Waals surface area contributed by atoms with Crippen molar-refractivity contribution in [2.24, 2.45) is 5.18 Å². The van der Waals surface area contributed by atoms with Crippen LogP contribution >= 0.6 is 0 Å². The Morgan fingerprint density at radius 1 is 1.29 bits per heavy atom. The molecular weight excluding hydrogens is 182 g/mol. The van der Waals surface area contributed by atoms with Gasteiger partial charge >= 0.3 is 5.91 Å². The molecule has 14 heavy (non-hydrogen) atoms. The molecule has 1 aliphatic carbocycles. The zero-order valence-corrected chi connectivity index (χ0v) is 7.32. The van der Waals surface area contributed by atoms with E-state index in [1.54, 1.807) is 12.1 Å². The first-order valence-electron chi connectivity index (χ1n) is 4.26. The zero-order chi connectivity index (χ0) is 10.1. The van der Waals surface area contributed by atoms with Crippen molar-refractivity contribution in [3.8, 4) is 0 Å². The number of amides is 1. The molecule has 0 N–H and O–H groups in total. The van der Waals surface area contributed by atoms with E-state index >= 15 is 0 Å². The van der Waals surface area contributed by atoms with Gasteiger partial charge in [-0.05, 0) is 24.1 Å². The third kappa shape index (κ3) is 1.25. The van der Waals surface area contributed by atoms with Gasteiger partial charge in [-0.15, -0.1) is 4.91 Å². The molecule has 0 unspecified atom stereocenters. The second-order valence-corrected chi connectivity index (χ2v) is 3.19. The predicted octanol–water partition coefficient (Wildman–Crippen LogP) is 1.72. The van der Waals surface area contributed by atoms with Crippen LogP contribution in [0.2, 0.25) is 0 Å². The van der Waals surface area contributed by atoms with E-state index < -0.39 is 5.91 Å². The lowest BCUT2D eigenvalue weighted by atomic mass is 10.1. The first-order valence-corrected chi connectivity index (χ1v) is 4.26. The Kier molecular flexibility index (Phi) is 1.96. The third-order valence-corrected chi connectivity index (χ3v) is 2.36. The molecule has 70 valence electrons. The van der Waals surface area contributed by atoms with Gasteiger partial charge in [-0.1, -0.05) is 6.07 Å². The number of hydrogen-bond acceptors (Lipinski definition) is 3. The largest absolute Gasteiger partial charge is 0.316 e. The molecular formula is C10H7NO3. The highest BCUT2D eigenvalue weighted by Gasteiger charge is 2.20. The summed E-state index contributed by atoms with van der Waals surface area (Å²) in [5.41, 5.74) is 1.75. The van der Waals surface area contributed by atoms with Crippen molar-refractivity contribution in [1.82, 2.24) is 0 Å². The lowest BCUT2D eigenvalue weighted by Gasteiger charge is -1.98. The van der Waals surface area contributed by atoms with Gasteiger partial charge in [0.05, 0.1) is 0 Å². The number of aryl methyl sites for hydroxylation is 1. The van der Waals surface area contributed by atoms with E-state index in [2.05, 4.69) is 5.18 Å². The number of nitrogens with zero attached hydrogens (tertiary/aromatic N) is 1. The van der Waals surface area contributed by atoms with Gasteiger partial charge < -0.3 is 0 Å². The van der Waals surface area contributed by atoms with Crippen LogP contribution in [0.3, 0.4) is 0 Å². The Hall–Kier alpha value is -1.84. The highest BCUT2D eigenvalue weighted by atomic mass is 16.3. The monoisotopic (exact) mass is 189 g/mol. The maximum Gasteiger partial charge on any atom is 0.316 e. The van der Waals surface area contributed by atoms with Crippen molar-refractivity contribution in [3.05, 3.63) is 39.8 Å². The van der Waals surface area contributed by atoms with E-state index in [1.165, 1.54) is 6.07 Å². The summed E-state index contributed by atoms with van der Waals surface area (Å²) >= 11 is 0. The Balaban J connectivity index is 2.47. The van der Waals surface area contributed by atoms with Crippen molar-refractivity contribution < 1.29 is 9.59 Å². The Morgan fingerprint density at radius 2 is 2.07 bits per heavy atom. The fraction of sp³-hybridized carbons (Fsp3) is 0.200. The molecule has 0 fully saturated rings. The number of carbonyl (C=O) groups excluding carboxylic acids is 2. The lowest BCUT2D eigenvalue weighted by Crippen LogP contribution is -1.96. The summed E-state index contributed by atoms with van der Waals surface area (Å²) < 4.78 is 0. The maximum atomic E-state index is 11.2. The number of benzene rings is 1. The van der Waals surface area contributed by atoms with E-state index in [9.17, 15) is 14.5 Å². The number of Topliss-reactive ketones (excluding diaryl/α,β-unsaturated/α-hetero) is 1. The third-order valence-electron chi connectivity index (χ3n) is 2.36. The van der Waals surface area contributed by atoms with Gasteiger partial charge in [0, 0.05) is 22.7 Å². The number of ketones is 1. The molecule has 0 bridgehead atoms. The molecule has 0 atom stereocenters. The van der Waals surface area contributed by atoms with Crippen molar-refractivity contribution in [1.29, 1.82) is 0 Å². The standard InChI is InChI=1S/C10H7NO3/c12-9-4-2-6-5-7(10(13)11-14)1-3-8(6)9/h1,3,5H,2,4H2. The van der Waals surface area contributed by atoms with Gasteiger partial charge in [0.15, 0.2) is 5.78 Å². The van der Waals surface area contributed by atoms with Crippen molar-refractivity contribution in [2.75, 3.05) is 0 Å². The zero-order valence-electron chi connectivity index (χ0n) is 7.32. The lowest BCUT2D eigenvalue weighted by molar-refractivity contribution is 0.0987. The highest BCUT2D eigenvalue weighted by Crippen LogP contribution is 2.23. The van der Waals surface area contributed by atoms with Crippen molar-refractivity contribution in [2.45, 2.75) is 12.8 Å². The molecule has 0 saturated heterocycles. The smallest absolute Gasteiger partial charge is 0.294 e. The van der Waals surface area contributed by atoms with Crippen LogP contribution in [0.4, 0.5) is 0 Å². The summed E-state index contributed by atoms with van der Waals surface area (Å²) in [6.45, 7) is 0. The molecule has 2 rings (SSSR count). The average molecular weight is 189 g/mol. The summed E-state index contributed by atoms with van der Waals surface area (Å²) in [7, 11) is 0. The molecule has 0 aliphatic heterocycles. The second kappa shape index (κ2) is 3.14. The van der Waals surface area contributed by atoms with Crippen LogP contribution < -0.4 is 0 Å². The molecule has 4 nitrogen and oxygen atoms in total. The SMILES string of the molecule is O=NC(=O)c1ccc2c(c1)CCC2=O. The first-order chi connectivity index (χ1) is 6.72. The molecule has 0 saturated carbocycles. The van der Waals surface area contributed by atoms with Gasteiger partial charge in [0.1, 0.15) is 0 Å². The molecule has 0 spiro atoms. The number of hydrogen-bond donors (Lipinski definition) is 0. The number of rotatable bonds is 1. The maximum absolute atomic E-state index is 11.2. The van der Waals surface area contributed by atoms with Gasteiger partial charge in [0.2, 0.25) is 0 Å². The Labute approximate surface area is 79.9 Å². The van der Waals surface area contributed by atoms with E-state index in [4.69, 9.17) is 0 Å². The van der Waals surface area contributed by atoms with Crippen LogP contribution in [0.15, 0.2) is 23.4 Å². The van der Waals surface area contributed by atoms with Crippen molar-refractivity contribution >= 4 is 11.7 Å². The normalized spacial score (nSPS) is 13.9. The van der Waals surface area contributed by atoms with Crippen LogP contribution in [0.1, 0.15) is 32.7 Å². The molecule has 1 aromatic carbocycles. The molecule has 1 aliphatic rings. The summed E-state index contributed by atoms with van der Waals surface area (Å²) in [4.78, 5) is 32.2. The molecule has 1 aromatic rings. The summed E-state index contributed by atoms with van der Waals surface area (Å²) in [5, 5.41) is 2.33. The molecule has 4 heteroatoms. The quantitative estimate of drug-likeness (QED) is 0.632. The van der Waals surface area contributed by atoms with Crippen molar-refractivity contribution in [3.63, 3.8) is 0 Å². The fourth-order valence-electron chi connectivity index (χ4n) is 1.64. The number of nitroso groups, excluding NO2 is 1. The predicted molar refractivity (Wildman–Crippen MR) is 49.2 cm³/mol. The summed E-state index contributed by atoms with van der Waals surface area (Å²) in [5.74, 6) is -0.690. The molecule has 0 heterocycles. The second-order valence-electron chi connectivity index (χ2n) is 3.19. The van der Waals surface area contributed by atoms with E-state index in [0.29, 0.717) is 18.4 Å². The van der Waals surface area contributed by atoms with Crippen LogP contribution in [0.25, 0.3) is 0 Å². The fourth-order valence-corrected chi connectivity index (χ4v) is 1.64. The Bertz CT molecular complexity index is 437. The minimum absolute atomic E-state index is 0.0954. The van der Waals surface area contributed by atoms with Gasteiger partial charge in [-0.2, -0.15) is 0 Å². The van der Waals surface area contributed by atoms with Crippen LogP contribution in [-0.2, 0) is 6.42 Å². The average Bonchev–Trinajstić information content (AvgIpc) is 2.59. The number of carbonyl (C=O) groups is 2. The highest BCUT2D eigenvalue weighted by molar-refractivity contribution is 6.02. The minimum atomic E-state index is -0.785. The summed E-state index contributed by atoms with van der Waals surface area (Å²) in [6.07, 6.45) is 1.13. The van der Waals surface area contributed by atoms with E-state index in [-0.39, 0.29) is 11.3 Å². The first kappa shape index (κ1) is 8.74. The van der Waals surface area contributed by atoms with Gasteiger partial charge in [-0.25, -0.2) is 0 Å². The Morgan fingerprint density at radius 3 is 2.79 bits per heavy atom.